The molecule has 0 amide bonds. The van der Waals surface area contributed by atoms with Crippen LogP contribution in [-0.2, 0) is 6.54 Å². The highest BCUT2D eigenvalue weighted by Gasteiger charge is 2.36. The minimum atomic E-state index is -0.255. The zero-order chi connectivity index (χ0) is 18.2. The Kier molecular flexibility index (Phi) is 4.39. The van der Waals surface area contributed by atoms with Gasteiger partial charge in [-0.1, -0.05) is 30.3 Å². The molecule has 1 N–H and O–H groups in total. The summed E-state index contributed by atoms with van der Waals surface area (Å²) in [6.45, 7) is 4.70. The van der Waals surface area contributed by atoms with E-state index in [1.807, 2.05) is 35.1 Å². The van der Waals surface area contributed by atoms with Gasteiger partial charge >= 0.3 is 0 Å². The highest BCUT2D eigenvalue weighted by atomic mass is 16.3. The average molecular weight is 363 g/mol. The lowest BCUT2D eigenvalue weighted by atomic mass is 10.1. The van der Waals surface area contributed by atoms with Gasteiger partial charge in [-0.2, -0.15) is 5.10 Å². The smallest absolute Gasteiger partial charge is 0.162 e. The first-order chi connectivity index (χ1) is 13.3. The molecule has 2 fully saturated rings. The van der Waals surface area contributed by atoms with Crippen molar-refractivity contribution in [1.82, 2.24) is 24.4 Å². The highest BCUT2D eigenvalue weighted by molar-refractivity contribution is 5.76. The van der Waals surface area contributed by atoms with Gasteiger partial charge in [0.2, 0.25) is 0 Å². The van der Waals surface area contributed by atoms with Gasteiger partial charge in [0.15, 0.2) is 5.65 Å². The number of hydrogen-bond acceptors (Lipinski definition) is 5. The lowest BCUT2D eigenvalue weighted by Gasteiger charge is -2.25. The number of aliphatic hydroxyl groups is 1. The van der Waals surface area contributed by atoms with Crippen LogP contribution in [0.3, 0.4) is 0 Å². The minimum absolute atomic E-state index is 0.255. The zero-order valence-corrected chi connectivity index (χ0v) is 15.4. The molecule has 0 spiro atoms. The average Bonchev–Trinajstić information content (AvgIpc) is 3.42. The summed E-state index contributed by atoms with van der Waals surface area (Å²) in [6.07, 6.45) is 8.14. The molecular weight excluding hydrogens is 338 g/mol. The molecule has 6 heteroatoms. The van der Waals surface area contributed by atoms with E-state index >= 15 is 0 Å². The normalized spacial score (nSPS) is 24.2. The van der Waals surface area contributed by atoms with E-state index in [1.165, 1.54) is 12.8 Å². The third kappa shape index (κ3) is 3.25. The Morgan fingerprint density at radius 2 is 1.85 bits per heavy atom. The van der Waals surface area contributed by atoms with E-state index in [4.69, 9.17) is 0 Å². The van der Waals surface area contributed by atoms with E-state index in [-0.39, 0.29) is 12.1 Å². The monoisotopic (exact) mass is 363 g/mol. The fraction of sp³-hybridized carbons (Fsp3) is 0.429. The van der Waals surface area contributed by atoms with Crippen molar-refractivity contribution < 1.29 is 5.11 Å². The summed E-state index contributed by atoms with van der Waals surface area (Å²) in [6, 6.07) is 10.5. The summed E-state index contributed by atoms with van der Waals surface area (Å²) in [5, 5.41) is 15.0. The molecule has 2 aliphatic heterocycles. The van der Waals surface area contributed by atoms with Crippen LogP contribution in [0.2, 0.25) is 0 Å². The van der Waals surface area contributed by atoms with Crippen LogP contribution in [0.1, 0.15) is 18.4 Å². The summed E-state index contributed by atoms with van der Waals surface area (Å²) < 4.78 is 1.86. The molecule has 0 bridgehead atoms. The first kappa shape index (κ1) is 16.9. The third-order valence-corrected chi connectivity index (χ3v) is 5.85. The maximum atomic E-state index is 10.5. The molecular formula is C21H25N5O. The molecule has 0 aliphatic carbocycles. The van der Waals surface area contributed by atoms with Gasteiger partial charge in [0.25, 0.3) is 0 Å². The summed E-state index contributed by atoms with van der Waals surface area (Å²) in [7, 11) is 0. The zero-order valence-electron chi connectivity index (χ0n) is 15.4. The number of hydrogen-bond donors (Lipinski definition) is 1. The predicted molar refractivity (Wildman–Crippen MR) is 104 cm³/mol. The predicted octanol–water partition coefficient (Wildman–Crippen LogP) is 2.04. The second kappa shape index (κ2) is 7.03. The molecule has 2 atom stereocenters. The Bertz CT molecular complexity index is 919. The van der Waals surface area contributed by atoms with Crippen molar-refractivity contribution in [2.45, 2.75) is 31.5 Å². The number of benzene rings is 1. The summed E-state index contributed by atoms with van der Waals surface area (Å²) >= 11 is 0. The van der Waals surface area contributed by atoms with Crippen LogP contribution in [0.15, 0.2) is 48.9 Å². The Balaban J connectivity index is 1.33. The number of aliphatic hydroxyl groups excluding tert-OH is 1. The molecule has 140 valence electrons. The topological polar surface area (TPSA) is 56.9 Å². The van der Waals surface area contributed by atoms with Crippen LogP contribution < -0.4 is 0 Å². The molecule has 1 aromatic carbocycles. The number of rotatable bonds is 4. The van der Waals surface area contributed by atoms with E-state index < -0.39 is 0 Å². The van der Waals surface area contributed by atoms with E-state index in [2.05, 4.69) is 38.2 Å². The largest absolute Gasteiger partial charge is 0.390 e. The molecule has 2 aromatic heterocycles. The maximum Gasteiger partial charge on any atom is 0.162 e. The van der Waals surface area contributed by atoms with Crippen LogP contribution in [-0.4, -0.2) is 67.8 Å². The molecule has 2 saturated heterocycles. The fourth-order valence-electron chi connectivity index (χ4n) is 4.48. The van der Waals surface area contributed by atoms with Crippen molar-refractivity contribution in [2.24, 2.45) is 0 Å². The fourth-order valence-corrected chi connectivity index (χ4v) is 4.48. The van der Waals surface area contributed by atoms with Crippen LogP contribution in [0.4, 0.5) is 0 Å². The van der Waals surface area contributed by atoms with Gasteiger partial charge < -0.3 is 5.11 Å². The molecule has 3 aromatic rings. The van der Waals surface area contributed by atoms with Gasteiger partial charge in [-0.05, 0) is 31.5 Å². The van der Waals surface area contributed by atoms with Crippen molar-refractivity contribution >= 4 is 5.65 Å². The first-order valence-corrected chi connectivity index (χ1v) is 9.80. The van der Waals surface area contributed by atoms with Crippen LogP contribution >= 0.6 is 0 Å². The molecule has 0 unspecified atom stereocenters. The van der Waals surface area contributed by atoms with E-state index in [1.54, 1.807) is 0 Å². The van der Waals surface area contributed by atoms with Crippen molar-refractivity contribution in [3.05, 3.63) is 54.5 Å². The van der Waals surface area contributed by atoms with Gasteiger partial charge in [-0.3, -0.25) is 9.80 Å². The second-order valence-electron chi connectivity index (χ2n) is 7.73. The van der Waals surface area contributed by atoms with Crippen LogP contribution in [0, 0.1) is 0 Å². The quantitative estimate of drug-likeness (QED) is 0.769. The van der Waals surface area contributed by atoms with Gasteiger partial charge in [-0.15, -0.1) is 0 Å². The molecule has 5 rings (SSSR count). The minimum Gasteiger partial charge on any atom is -0.390 e. The van der Waals surface area contributed by atoms with Crippen LogP contribution in [0.25, 0.3) is 16.8 Å². The lowest BCUT2D eigenvalue weighted by Crippen LogP contribution is -2.41. The molecule has 4 heterocycles. The van der Waals surface area contributed by atoms with Crippen molar-refractivity contribution in [1.29, 1.82) is 0 Å². The van der Waals surface area contributed by atoms with Crippen molar-refractivity contribution in [2.75, 3.05) is 26.2 Å². The molecule has 2 aliphatic rings. The number of nitrogens with zero attached hydrogens (tertiary/aromatic N) is 5. The second-order valence-corrected chi connectivity index (χ2v) is 7.73. The molecule has 0 radical (unpaired) electrons. The van der Waals surface area contributed by atoms with Gasteiger partial charge in [-0.25, -0.2) is 9.50 Å². The van der Waals surface area contributed by atoms with E-state index in [0.29, 0.717) is 0 Å². The Morgan fingerprint density at radius 3 is 2.67 bits per heavy atom. The molecule has 27 heavy (non-hydrogen) atoms. The van der Waals surface area contributed by atoms with E-state index in [9.17, 15) is 5.11 Å². The molecule has 6 nitrogen and oxygen atoms in total. The van der Waals surface area contributed by atoms with Gasteiger partial charge in [0, 0.05) is 49.2 Å². The molecule has 0 saturated carbocycles. The third-order valence-electron chi connectivity index (χ3n) is 5.85. The van der Waals surface area contributed by atoms with Gasteiger partial charge in [0.1, 0.15) is 0 Å². The van der Waals surface area contributed by atoms with Crippen LogP contribution in [0.5, 0.6) is 0 Å². The number of β-amino-alcohol motifs (C(OH)–C–C–N with tert-alkyl or cyclic N) is 1. The van der Waals surface area contributed by atoms with E-state index in [0.717, 1.165) is 55.1 Å². The number of aromatic nitrogens is 3. The highest BCUT2D eigenvalue weighted by Crippen LogP contribution is 2.24. The first-order valence-electron chi connectivity index (χ1n) is 9.80. The van der Waals surface area contributed by atoms with Gasteiger partial charge in [0.05, 0.1) is 12.3 Å². The standard InChI is InChI=1S/C21H25N5O/c27-20-15-24(14-19(20)25-8-4-5-9-25)12-16-10-22-21-18(11-23-26(21)13-16)17-6-2-1-3-7-17/h1-3,6-7,10-11,13,19-20,27H,4-5,8-9,12,14-15H2/t19-,20-/m0/s1. The SMILES string of the molecule is O[C@H]1CN(Cc2cnc3c(-c4ccccc4)cnn3c2)C[C@@H]1N1CCCC1. The summed E-state index contributed by atoms with van der Waals surface area (Å²) in [4.78, 5) is 9.46. The number of fused-ring (bicyclic) bond motifs is 1. The Hall–Kier alpha value is -2.28. The van der Waals surface area contributed by atoms with Crippen molar-refractivity contribution in [3.8, 4) is 11.1 Å². The maximum absolute atomic E-state index is 10.5. The van der Waals surface area contributed by atoms with Crippen molar-refractivity contribution in [3.63, 3.8) is 0 Å². The Morgan fingerprint density at radius 1 is 1.04 bits per heavy atom. The summed E-state index contributed by atoms with van der Waals surface area (Å²) in [5.41, 5.74) is 4.18. The summed E-state index contributed by atoms with van der Waals surface area (Å²) in [5.74, 6) is 0. The lowest BCUT2D eigenvalue weighted by molar-refractivity contribution is 0.0978. The Labute approximate surface area is 159 Å². The number of likely N-dealkylation sites (tertiary alicyclic amines) is 2.